The Bertz CT molecular complexity index is 688. The number of nitrogens with zero attached hydrogens (tertiary/aromatic N) is 1. The molecule has 0 heterocycles. The second kappa shape index (κ2) is 6.26. The molecule has 2 aromatic rings. The van der Waals surface area contributed by atoms with E-state index in [4.69, 9.17) is 0 Å². The Labute approximate surface area is 131 Å². The first-order chi connectivity index (χ1) is 9.93. The number of rotatable bonds is 3. The molecule has 0 radical (unpaired) electrons. The van der Waals surface area contributed by atoms with E-state index in [0.717, 1.165) is 5.56 Å². The van der Waals surface area contributed by atoms with E-state index in [1.54, 1.807) is 12.1 Å². The number of phenols is 1. The van der Waals surface area contributed by atoms with E-state index < -0.39 is 5.82 Å². The maximum atomic E-state index is 13.4. The number of aryl methyl sites for hydroxylation is 1. The molecular formula is C16H15BrFNO2. The van der Waals surface area contributed by atoms with Gasteiger partial charge in [-0.3, -0.25) is 4.79 Å². The van der Waals surface area contributed by atoms with Crippen molar-refractivity contribution in [2.75, 3.05) is 11.4 Å². The van der Waals surface area contributed by atoms with Crippen molar-refractivity contribution in [3.63, 3.8) is 0 Å². The zero-order valence-electron chi connectivity index (χ0n) is 11.7. The van der Waals surface area contributed by atoms with Crippen LogP contribution >= 0.6 is 15.9 Å². The third-order valence-corrected chi connectivity index (χ3v) is 3.90. The van der Waals surface area contributed by atoms with Crippen molar-refractivity contribution in [3.05, 3.63) is 57.8 Å². The number of hydrogen-bond donors (Lipinski definition) is 1. The van der Waals surface area contributed by atoms with Crippen LogP contribution < -0.4 is 4.90 Å². The maximum Gasteiger partial charge on any atom is 0.259 e. The van der Waals surface area contributed by atoms with Gasteiger partial charge in [0.25, 0.3) is 5.91 Å². The highest BCUT2D eigenvalue weighted by molar-refractivity contribution is 9.10. The first-order valence-corrected chi connectivity index (χ1v) is 7.30. The molecule has 5 heteroatoms. The van der Waals surface area contributed by atoms with Crippen LogP contribution in [0, 0.1) is 12.7 Å². The highest BCUT2D eigenvalue weighted by atomic mass is 79.9. The number of hydrogen-bond acceptors (Lipinski definition) is 2. The molecular weight excluding hydrogens is 337 g/mol. The van der Waals surface area contributed by atoms with Crippen LogP contribution in [0.15, 0.2) is 40.9 Å². The minimum absolute atomic E-state index is 0.0835. The molecule has 0 aliphatic heterocycles. The van der Waals surface area contributed by atoms with Crippen molar-refractivity contribution in [2.45, 2.75) is 13.8 Å². The van der Waals surface area contributed by atoms with E-state index >= 15 is 0 Å². The second-order valence-electron chi connectivity index (χ2n) is 4.64. The van der Waals surface area contributed by atoms with Gasteiger partial charge in [0, 0.05) is 17.1 Å². The average molecular weight is 352 g/mol. The van der Waals surface area contributed by atoms with Crippen LogP contribution in [-0.2, 0) is 0 Å². The molecule has 3 nitrogen and oxygen atoms in total. The molecule has 0 fully saturated rings. The van der Waals surface area contributed by atoms with Crippen molar-refractivity contribution in [1.82, 2.24) is 0 Å². The fourth-order valence-corrected chi connectivity index (χ4v) is 2.53. The van der Waals surface area contributed by atoms with Crippen molar-refractivity contribution in [2.24, 2.45) is 0 Å². The van der Waals surface area contributed by atoms with Gasteiger partial charge in [0.2, 0.25) is 0 Å². The molecule has 1 amide bonds. The average Bonchev–Trinajstić information content (AvgIpc) is 2.46. The van der Waals surface area contributed by atoms with Crippen LogP contribution in [0.2, 0.25) is 0 Å². The van der Waals surface area contributed by atoms with Crippen molar-refractivity contribution in [3.8, 4) is 5.75 Å². The van der Waals surface area contributed by atoms with Crippen LogP contribution in [0.5, 0.6) is 5.75 Å². The van der Waals surface area contributed by atoms with E-state index in [1.807, 2.05) is 13.8 Å². The largest absolute Gasteiger partial charge is 0.508 e. The number of benzene rings is 2. The molecule has 0 saturated carbocycles. The zero-order chi connectivity index (χ0) is 15.6. The second-order valence-corrected chi connectivity index (χ2v) is 5.50. The summed E-state index contributed by atoms with van der Waals surface area (Å²) in [4.78, 5) is 14.2. The van der Waals surface area contributed by atoms with E-state index in [-0.39, 0.29) is 17.2 Å². The fourth-order valence-electron chi connectivity index (χ4n) is 2.12. The Morgan fingerprint density at radius 2 is 2.00 bits per heavy atom. The minimum atomic E-state index is -0.467. The zero-order valence-corrected chi connectivity index (χ0v) is 13.3. The summed E-state index contributed by atoms with van der Waals surface area (Å²) in [6, 6.07) is 8.83. The predicted octanol–water partition coefficient (Wildman–Crippen LogP) is 4.27. The minimum Gasteiger partial charge on any atom is -0.508 e. The molecule has 0 aliphatic carbocycles. The standard InChI is InChI=1S/C16H15BrFNO2/c1-3-19(15-9-12(20)6-4-10(15)2)16(21)13-8-11(18)5-7-14(13)17/h4-9,20H,3H2,1-2H3. The monoisotopic (exact) mass is 351 g/mol. The summed E-state index contributed by atoms with van der Waals surface area (Å²) in [5.41, 5.74) is 1.72. The number of carbonyl (C=O) groups excluding carboxylic acids is 1. The summed E-state index contributed by atoms with van der Waals surface area (Å²) in [6.45, 7) is 4.09. The number of amides is 1. The van der Waals surface area contributed by atoms with E-state index in [0.29, 0.717) is 16.7 Å². The molecule has 0 saturated heterocycles. The Morgan fingerprint density at radius 1 is 1.29 bits per heavy atom. The lowest BCUT2D eigenvalue weighted by molar-refractivity contribution is 0.0987. The molecule has 2 rings (SSSR count). The lowest BCUT2D eigenvalue weighted by atomic mass is 10.1. The maximum absolute atomic E-state index is 13.4. The first-order valence-electron chi connectivity index (χ1n) is 6.50. The highest BCUT2D eigenvalue weighted by Gasteiger charge is 2.20. The van der Waals surface area contributed by atoms with Gasteiger partial charge in [0.15, 0.2) is 0 Å². The van der Waals surface area contributed by atoms with E-state index in [1.165, 1.54) is 29.2 Å². The molecule has 0 spiro atoms. The normalized spacial score (nSPS) is 10.5. The van der Waals surface area contributed by atoms with Crippen LogP contribution in [0.4, 0.5) is 10.1 Å². The molecule has 0 atom stereocenters. The van der Waals surface area contributed by atoms with E-state index in [2.05, 4.69) is 15.9 Å². The van der Waals surface area contributed by atoms with Crippen LogP contribution in [0.3, 0.4) is 0 Å². The topological polar surface area (TPSA) is 40.5 Å². The Hall–Kier alpha value is -1.88. The van der Waals surface area contributed by atoms with Gasteiger partial charge in [-0.1, -0.05) is 6.07 Å². The summed E-state index contributed by atoms with van der Waals surface area (Å²) in [6.07, 6.45) is 0. The summed E-state index contributed by atoms with van der Waals surface area (Å²) < 4.78 is 13.9. The SMILES string of the molecule is CCN(C(=O)c1cc(F)ccc1Br)c1cc(O)ccc1C. The Morgan fingerprint density at radius 3 is 2.67 bits per heavy atom. The number of aromatic hydroxyl groups is 1. The number of anilines is 1. The summed E-state index contributed by atoms with van der Waals surface area (Å²) in [7, 11) is 0. The number of carbonyl (C=O) groups is 1. The number of halogens is 2. The van der Waals surface area contributed by atoms with Crippen LogP contribution in [0.25, 0.3) is 0 Å². The molecule has 2 aromatic carbocycles. The van der Waals surface area contributed by atoms with Gasteiger partial charge in [0.1, 0.15) is 11.6 Å². The smallest absolute Gasteiger partial charge is 0.259 e. The fraction of sp³-hybridized carbons (Fsp3) is 0.188. The third-order valence-electron chi connectivity index (χ3n) is 3.20. The number of phenolic OH excluding ortho intramolecular Hbond substituents is 1. The van der Waals surface area contributed by atoms with Gasteiger partial charge in [-0.2, -0.15) is 0 Å². The quantitative estimate of drug-likeness (QED) is 0.896. The first kappa shape index (κ1) is 15.5. The molecule has 0 unspecified atom stereocenters. The van der Waals surface area contributed by atoms with Crippen molar-refractivity contribution >= 4 is 27.5 Å². The Kier molecular flexibility index (Phi) is 4.63. The lowest BCUT2D eigenvalue weighted by Gasteiger charge is -2.23. The van der Waals surface area contributed by atoms with Crippen LogP contribution in [0.1, 0.15) is 22.8 Å². The molecule has 110 valence electrons. The summed E-state index contributed by atoms with van der Waals surface area (Å²) >= 11 is 3.27. The van der Waals surface area contributed by atoms with Gasteiger partial charge in [-0.05, 0) is 59.6 Å². The lowest BCUT2D eigenvalue weighted by Crippen LogP contribution is -2.31. The highest BCUT2D eigenvalue weighted by Crippen LogP contribution is 2.28. The molecule has 0 aliphatic rings. The predicted molar refractivity (Wildman–Crippen MR) is 84.3 cm³/mol. The van der Waals surface area contributed by atoms with Crippen molar-refractivity contribution in [1.29, 1.82) is 0 Å². The van der Waals surface area contributed by atoms with Gasteiger partial charge in [0.05, 0.1) is 11.3 Å². The van der Waals surface area contributed by atoms with Crippen LogP contribution in [-0.4, -0.2) is 17.6 Å². The summed E-state index contributed by atoms with van der Waals surface area (Å²) in [5, 5.41) is 9.63. The molecule has 0 aromatic heterocycles. The third kappa shape index (κ3) is 3.24. The summed E-state index contributed by atoms with van der Waals surface area (Å²) in [5.74, 6) is -0.706. The van der Waals surface area contributed by atoms with Crippen molar-refractivity contribution < 1.29 is 14.3 Å². The van der Waals surface area contributed by atoms with Gasteiger partial charge in [-0.25, -0.2) is 4.39 Å². The van der Waals surface area contributed by atoms with Gasteiger partial charge >= 0.3 is 0 Å². The van der Waals surface area contributed by atoms with Gasteiger partial charge in [-0.15, -0.1) is 0 Å². The van der Waals surface area contributed by atoms with E-state index in [9.17, 15) is 14.3 Å². The Balaban J connectivity index is 2.48. The van der Waals surface area contributed by atoms with Gasteiger partial charge < -0.3 is 10.0 Å². The molecule has 0 bridgehead atoms. The molecule has 21 heavy (non-hydrogen) atoms. The molecule has 1 N–H and O–H groups in total.